The number of nitrogens with zero attached hydrogens (tertiary/aromatic N) is 2. The van der Waals surface area contributed by atoms with Crippen molar-refractivity contribution in [2.75, 3.05) is 7.05 Å². The van der Waals surface area contributed by atoms with Crippen molar-refractivity contribution in [3.63, 3.8) is 0 Å². The Morgan fingerprint density at radius 1 is 1.20 bits per heavy atom. The molecule has 2 fully saturated rings. The Balaban J connectivity index is 1.45. The van der Waals surface area contributed by atoms with Crippen molar-refractivity contribution < 1.29 is 4.79 Å². The highest BCUT2D eigenvalue weighted by molar-refractivity contribution is 5.98. The number of hydrogen-bond donors (Lipinski definition) is 1. The first kappa shape index (κ1) is 15.1. The number of carbonyl (C=O) groups is 1. The molecular formula is C20H23N3O2. The number of para-hydroxylation sites is 1. The highest BCUT2D eigenvalue weighted by Crippen LogP contribution is 2.34. The van der Waals surface area contributed by atoms with Crippen LogP contribution in [0, 0.1) is 0 Å². The average molecular weight is 337 g/mol. The summed E-state index contributed by atoms with van der Waals surface area (Å²) in [6.45, 7) is 0.842. The molecule has 0 saturated carbocycles. The smallest absolute Gasteiger partial charge is 0.256 e. The Labute approximate surface area is 146 Å². The summed E-state index contributed by atoms with van der Waals surface area (Å²) in [5.74, 6) is -0.207. The van der Waals surface area contributed by atoms with Crippen molar-refractivity contribution >= 4 is 16.8 Å². The summed E-state index contributed by atoms with van der Waals surface area (Å²) in [5.41, 5.74) is 2.36. The summed E-state index contributed by atoms with van der Waals surface area (Å²) in [6.07, 6.45) is 7.12. The topological polar surface area (TPSA) is 54.3 Å². The van der Waals surface area contributed by atoms with Crippen LogP contribution in [-0.2, 0) is 13.0 Å². The SMILES string of the molecule is CN1C2CCC1CC(NC(=O)c1cn3c4c(cccc4c1=O)CC3)C2. The molecule has 1 amide bonds. The van der Waals surface area contributed by atoms with Gasteiger partial charge in [0.05, 0.1) is 5.52 Å². The number of aryl methyl sites for hydroxylation is 2. The van der Waals surface area contributed by atoms with Gasteiger partial charge in [0.2, 0.25) is 5.43 Å². The zero-order valence-electron chi connectivity index (χ0n) is 14.5. The molecule has 0 radical (unpaired) electrons. The van der Waals surface area contributed by atoms with Gasteiger partial charge in [-0.25, -0.2) is 0 Å². The summed E-state index contributed by atoms with van der Waals surface area (Å²) < 4.78 is 2.07. The first-order valence-corrected chi connectivity index (χ1v) is 9.29. The monoisotopic (exact) mass is 337 g/mol. The van der Waals surface area contributed by atoms with Gasteiger partial charge < -0.3 is 14.8 Å². The van der Waals surface area contributed by atoms with E-state index in [2.05, 4.69) is 27.9 Å². The van der Waals surface area contributed by atoms with Gasteiger partial charge in [0, 0.05) is 36.3 Å². The molecule has 130 valence electrons. The van der Waals surface area contributed by atoms with Gasteiger partial charge in [0.15, 0.2) is 0 Å². The maximum atomic E-state index is 12.9. The van der Waals surface area contributed by atoms with Gasteiger partial charge in [-0.05, 0) is 50.8 Å². The van der Waals surface area contributed by atoms with Crippen LogP contribution in [0.3, 0.4) is 0 Å². The van der Waals surface area contributed by atoms with Gasteiger partial charge in [-0.15, -0.1) is 0 Å². The normalized spacial score (nSPS) is 27.8. The molecular weight excluding hydrogens is 314 g/mol. The van der Waals surface area contributed by atoms with E-state index < -0.39 is 0 Å². The lowest BCUT2D eigenvalue weighted by molar-refractivity contribution is 0.0881. The number of benzene rings is 1. The van der Waals surface area contributed by atoms with E-state index in [0.717, 1.165) is 31.3 Å². The van der Waals surface area contributed by atoms with Gasteiger partial charge in [-0.3, -0.25) is 9.59 Å². The van der Waals surface area contributed by atoms with Crippen LogP contribution in [-0.4, -0.2) is 40.5 Å². The summed E-state index contributed by atoms with van der Waals surface area (Å²) >= 11 is 0. The highest BCUT2D eigenvalue weighted by Gasteiger charge is 2.39. The van der Waals surface area contributed by atoms with Crippen LogP contribution in [0.25, 0.3) is 10.9 Å². The molecule has 2 saturated heterocycles. The number of amides is 1. The summed E-state index contributed by atoms with van der Waals surface area (Å²) in [7, 11) is 2.19. The number of nitrogens with one attached hydrogen (secondary N) is 1. The van der Waals surface area contributed by atoms with Gasteiger partial charge >= 0.3 is 0 Å². The zero-order valence-corrected chi connectivity index (χ0v) is 14.5. The van der Waals surface area contributed by atoms with Crippen molar-refractivity contribution in [1.82, 2.24) is 14.8 Å². The number of hydrogen-bond acceptors (Lipinski definition) is 3. The van der Waals surface area contributed by atoms with E-state index in [1.165, 1.54) is 18.4 Å². The molecule has 2 unspecified atom stereocenters. The maximum Gasteiger partial charge on any atom is 0.256 e. The van der Waals surface area contributed by atoms with Gasteiger partial charge in [-0.2, -0.15) is 0 Å². The zero-order chi connectivity index (χ0) is 17.1. The minimum Gasteiger partial charge on any atom is -0.349 e. The van der Waals surface area contributed by atoms with Crippen LogP contribution >= 0.6 is 0 Å². The summed E-state index contributed by atoms with van der Waals surface area (Å²) in [6, 6.07) is 7.16. The fourth-order valence-electron chi connectivity index (χ4n) is 5.11. The van der Waals surface area contributed by atoms with Crippen molar-refractivity contribution in [3.05, 3.63) is 45.7 Å². The summed E-state index contributed by atoms with van der Waals surface area (Å²) in [5, 5.41) is 3.82. The minimum absolute atomic E-state index is 0.136. The summed E-state index contributed by atoms with van der Waals surface area (Å²) in [4.78, 5) is 28.1. The van der Waals surface area contributed by atoms with Gasteiger partial charge in [-0.1, -0.05) is 12.1 Å². The molecule has 3 aliphatic rings. The van der Waals surface area contributed by atoms with Crippen LogP contribution in [0.5, 0.6) is 0 Å². The van der Waals surface area contributed by atoms with Crippen molar-refractivity contribution in [2.24, 2.45) is 0 Å². The predicted molar refractivity (Wildman–Crippen MR) is 97.0 cm³/mol. The van der Waals surface area contributed by atoms with Gasteiger partial charge in [0.1, 0.15) is 5.56 Å². The van der Waals surface area contributed by atoms with Crippen LogP contribution in [0.15, 0.2) is 29.2 Å². The number of aromatic nitrogens is 1. The third-order valence-electron chi connectivity index (χ3n) is 6.48. The fourth-order valence-corrected chi connectivity index (χ4v) is 5.11. The van der Waals surface area contributed by atoms with Gasteiger partial charge in [0.25, 0.3) is 5.91 Å². The molecule has 25 heavy (non-hydrogen) atoms. The molecule has 1 aromatic heterocycles. The molecule has 5 nitrogen and oxygen atoms in total. The van der Waals surface area contributed by atoms with E-state index in [1.54, 1.807) is 6.20 Å². The number of rotatable bonds is 2. The van der Waals surface area contributed by atoms with Crippen molar-refractivity contribution in [1.29, 1.82) is 0 Å². The van der Waals surface area contributed by atoms with E-state index in [1.807, 2.05) is 12.1 Å². The Kier molecular flexibility index (Phi) is 3.29. The van der Waals surface area contributed by atoms with Crippen LogP contribution in [0.1, 0.15) is 41.6 Å². The molecule has 5 rings (SSSR count). The quantitative estimate of drug-likeness (QED) is 0.911. The molecule has 1 N–H and O–H groups in total. The lowest BCUT2D eigenvalue weighted by atomic mass is 9.97. The Morgan fingerprint density at radius 2 is 1.96 bits per heavy atom. The second-order valence-corrected chi connectivity index (χ2v) is 7.82. The molecule has 2 aromatic rings. The van der Waals surface area contributed by atoms with E-state index in [4.69, 9.17) is 0 Å². The van der Waals surface area contributed by atoms with Crippen LogP contribution < -0.4 is 10.7 Å². The van der Waals surface area contributed by atoms with Crippen molar-refractivity contribution in [3.8, 4) is 0 Å². The standard InChI is InChI=1S/C20H23N3O2/c1-22-14-5-6-15(22)10-13(9-14)21-20(25)17-11-23-8-7-12-3-2-4-16(18(12)23)19(17)24/h2-4,11,13-15H,5-10H2,1H3,(H,21,25). The second kappa shape index (κ2) is 5.43. The molecule has 2 bridgehead atoms. The Hall–Kier alpha value is -2.14. The molecule has 1 aromatic carbocycles. The Morgan fingerprint density at radius 3 is 2.72 bits per heavy atom. The average Bonchev–Trinajstić information content (AvgIpc) is 3.09. The lowest BCUT2D eigenvalue weighted by Crippen LogP contribution is -2.49. The molecule has 4 heterocycles. The highest BCUT2D eigenvalue weighted by atomic mass is 16.2. The predicted octanol–water partition coefficient (Wildman–Crippen LogP) is 1.91. The lowest BCUT2D eigenvalue weighted by Gasteiger charge is -2.36. The number of pyridine rings is 1. The van der Waals surface area contributed by atoms with Crippen molar-refractivity contribution in [2.45, 2.75) is 56.8 Å². The molecule has 3 aliphatic heterocycles. The van der Waals surface area contributed by atoms with Crippen LogP contribution in [0.2, 0.25) is 0 Å². The van der Waals surface area contributed by atoms with E-state index in [9.17, 15) is 9.59 Å². The van der Waals surface area contributed by atoms with E-state index >= 15 is 0 Å². The fraction of sp³-hybridized carbons (Fsp3) is 0.500. The third kappa shape index (κ3) is 2.25. The van der Waals surface area contributed by atoms with Crippen LogP contribution in [0.4, 0.5) is 0 Å². The first-order chi connectivity index (χ1) is 12.1. The number of fused-ring (bicyclic) bond motifs is 2. The molecule has 0 spiro atoms. The molecule has 5 heteroatoms. The van der Waals surface area contributed by atoms with E-state index in [0.29, 0.717) is 17.5 Å². The number of carbonyl (C=O) groups excluding carboxylic acids is 1. The van der Waals surface area contributed by atoms with E-state index in [-0.39, 0.29) is 22.9 Å². The maximum absolute atomic E-state index is 12.9. The largest absolute Gasteiger partial charge is 0.349 e. The molecule has 0 aliphatic carbocycles. The Bertz CT molecular complexity index is 918. The first-order valence-electron chi connectivity index (χ1n) is 9.29. The minimum atomic E-state index is -0.207. The number of piperidine rings is 1. The third-order valence-corrected chi connectivity index (χ3v) is 6.48. The second-order valence-electron chi connectivity index (χ2n) is 7.82. The molecule has 2 atom stereocenters.